The predicted molar refractivity (Wildman–Crippen MR) is 166 cm³/mol. The number of phenols is 1. The molecule has 0 heterocycles. The minimum Gasteiger partial charge on any atom is -0.508 e. The van der Waals surface area contributed by atoms with Gasteiger partial charge in [-0.05, 0) is 61.9 Å². The van der Waals surface area contributed by atoms with Gasteiger partial charge in [-0.15, -0.1) is 0 Å². The number of carbonyl (C=O) groups excluding carboxylic acids is 3. The van der Waals surface area contributed by atoms with Crippen molar-refractivity contribution in [1.82, 2.24) is 16.0 Å². The number of nitrogens with two attached hydrogens (primary N) is 4. The summed E-state index contributed by atoms with van der Waals surface area (Å²) in [5, 5.41) is 27.3. The Morgan fingerprint density at radius 3 is 1.91 bits per heavy atom. The van der Waals surface area contributed by atoms with E-state index in [9.17, 15) is 29.4 Å². The summed E-state index contributed by atoms with van der Waals surface area (Å²) in [6, 6.07) is 10.5. The number of rotatable bonds is 19. The highest BCUT2D eigenvalue weighted by atomic mass is 16.4. The molecular weight excluding hydrogens is 568 g/mol. The molecule has 4 unspecified atom stereocenters. The Balaban J connectivity index is 2.20. The third-order valence-corrected chi connectivity index (χ3v) is 6.79. The summed E-state index contributed by atoms with van der Waals surface area (Å²) < 4.78 is 0. The zero-order valence-corrected chi connectivity index (χ0v) is 24.7. The molecule has 4 atom stereocenters. The van der Waals surface area contributed by atoms with Gasteiger partial charge in [0.1, 0.15) is 23.9 Å². The van der Waals surface area contributed by atoms with E-state index in [0.717, 1.165) is 5.56 Å². The molecule has 0 aliphatic carbocycles. The van der Waals surface area contributed by atoms with Crippen molar-refractivity contribution in [2.75, 3.05) is 13.1 Å². The number of hydrogen-bond donors (Lipinski definition) is 9. The summed E-state index contributed by atoms with van der Waals surface area (Å²) in [6.45, 7) is 0.688. The average Bonchev–Trinajstić information content (AvgIpc) is 2.99. The second kappa shape index (κ2) is 18.8. The van der Waals surface area contributed by atoms with Gasteiger partial charge in [0.25, 0.3) is 0 Å². The molecular formula is C30H44N8O6. The molecule has 0 bridgehead atoms. The molecule has 14 nitrogen and oxygen atoms in total. The number of aliphatic imine (C=N–C) groups is 1. The molecule has 0 saturated carbocycles. The largest absolute Gasteiger partial charge is 0.508 e. The number of amides is 3. The first kappa shape index (κ1) is 35.5. The predicted octanol–water partition coefficient (Wildman–Crippen LogP) is -0.774. The summed E-state index contributed by atoms with van der Waals surface area (Å²) in [6.07, 6.45) is 2.12. The molecule has 0 spiro atoms. The van der Waals surface area contributed by atoms with Crippen LogP contribution in [0.1, 0.15) is 43.2 Å². The van der Waals surface area contributed by atoms with E-state index < -0.39 is 47.9 Å². The molecule has 240 valence electrons. The van der Waals surface area contributed by atoms with E-state index in [0.29, 0.717) is 37.9 Å². The molecule has 0 aliphatic heterocycles. The van der Waals surface area contributed by atoms with Crippen LogP contribution in [0.2, 0.25) is 0 Å². The van der Waals surface area contributed by atoms with Gasteiger partial charge in [-0.25, -0.2) is 4.79 Å². The van der Waals surface area contributed by atoms with Crippen molar-refractivity contribution in [3.8, 4) is 5.75 Å². The lowest BCUT2D eigenvalue weighted by atomic mass is 10.0. The lowest BCUT2D eigenvalue weighted by Crippen LogP contribution is -2.57. The second-order valence-corrected chi connectivity index (χ2v) is 10.4. The zero-order chi connectivity index (χ0) is 32.5. The van der Waals surface area contributed by atoms with E-state index in [2.05, 4.69) is 20.9 Å². The van der Waals surface area contributed by atoms with Crippen LogP contribution in [0.4, 0.5) is 0 Å². The molecule has 2 aromatic rings. The quantitative estimate of drug-likeness (QED) is 0.0543. The van der Waals surface area contributed by atoms with Crippen molar-refractivity contribution in [2.45, 2.75) is 69.1 Å². The summed E-state index contributed by atoms with van der Waals surface area (Å²) >= 11 is 0. The number of carbonyl (C=O) groups is 4. The highest BCUT2D eigenvalue weighted by molar-refractivity contribution is 5.94. The molecule has 0 aromatic heterocycles. The Bertz CT molecular complexity index is 1240. The van der Waals surface area contributed by atoms with Gasteiger partial charge in [-0.2, -0.15) is 0 Å². The molecule has 3 amide bonds. The number of aliphatic carboxylic acids is 1. The molecule has 0 radical (unpaired) electrons. The van der Waals surface area contributed by atoms with Gasteiger partial charge in [-0.1, -0.05) is 42.5 Å². The maximum Gasteiger partial charge on any atom is 0.326 e. The van der Waals surface area contributed by atoms with E-state index in [4.69, 9.17) is 22.9 Å². The van der Waals surface area contributed by atoms with Crippen molar-refractivity contribution >= 4 is 29.7 Å². The number of benzene rings is 2. The van der Waals surface area contributed by atoms with Crippen molar-refractivity contribution in [3.63, 3.8) is 0 Å². The monoisotopic (exact) mass is 612 g/mol. The molecule has 2 rings (SSSR count). The van der Waals surface area contributed by atoms with E-state index in [1.807, 2.05) is 0 Å². The summed E-state index contributed by atoms with van der Waals surface area (Å²) in [4.78, 5) is 55.7. The topological polar surface area (TPSA) is 261 Å². The van der Waals surface area contributed by atoms with Crippen LogP contribution < -0.4 is 38.9 Å². The minimum atomic E-state index is -1.31. The number of carboxylic acid groups (broad SMARTS) is 1. The summed E-state index contributed by atoms with van der Waals surface area (Å²) in [5.74, 6) is -3.19. The van der Waals surface area contributed by atoms with Crippen LogP contribution in [0.3, 0.4) is 0 Å². The molecule has 44 heavy (non-hydrogen) atoms. The van der Waals surface area contributed by atoms with Gasteiger partial charge in [0.15, 0.2) is 5.96 Å². The Morgan fingerprint density at radius 2 is 1.30 bits per heavy atom. The Kier molecular flexibility index (Phi) is 15.1. The number of nitrogens with one attached hydrogen (secondary N) is 3. The van der Waals surface area contributed by atoms with E-state index in [1.165, 1.54) is 12.1 Å². The van der Waals surface area contributed by atoms with Crippen LogP contribution >= 0.6 is 0 Å². The fraction of sp³-hybridized carbons (Fsp3) is 0.433. The van der Waals surface area contributed by atoms with Gasteiger partial charge in [0.2, 0.25) is 17.7 Å². The SMILES string of the molecule is NCCCCC(NC(=O)C(N)CCCN=C(N)N)C(=O)NC(Cc1ccccc1)C(=O)NC(Cc1ccc(O)cc1)C(=O)O. The Hall–Kier alpha value is -4.69. The number of unbranched alkanes of at least 4 members (excludes halogenated alkanes) is 1. The number of aromatic hydroxyl groups is 1. The standard InChI is InChI=1S/C30H44N8O6/c31-15-5-4-10-23(36-26(40)22(32)9-6-16-35-30(33)34)27(41)37-24(17-19-7-2-1-3-8-19)28(42)38-25(29(43)44)18-20-11-13-21(39)14-12-20/h1-3,7-8,11-14,22-25,39H,4-6,9-10,15-18,31-32H2,(H,36,40)(H,37,41)(H,38,42)(H,43,44)(H4,33,34,35). The highest BCUT2D eigenvalue weighted by Gasteiger charge is 2.30. The maximum absolute atomic E-state index is 13.5. The van der Waals surface area contributed by atoms with Crippen LogP contribution in [-0.2, 0) is 32.0 Å². The Morgan fingerprint density at radius 1 is 0.727 bits per heavy atom. The molecule has 0 saturated heterocycles. The molecule has 2 aromatic carbocycles. The number of phenolic OH excluding ortho intramolecular Hbond substituents is 1. The van der Waals surface area contributed by atoms with E-state index in [1.54, 1.807) is 42.5 Å². The molecule has 14 heteroatoms. The fourth-order valence-corrected chi connectivity index (χ4v) is 4.36. The van der Waals surface area contributed by atoms with Crippen LogP contribution in [-0.4, -0.2) is 77.1 Å². The normalized spacial score (nSPS) is 13.5. The first-order valence-corrected chi connectivity index (χ1v) is 14.5. The Labute approximate surface area is 256 Å². The van der Waals surface area contributed by atoms with Crippen LogP contribution in [0.5, 0.6) is 5.75 Å². The van der Waals surface area contributed by atoms with Gasteiger partial charge in [0, 0.05) is 19.4 Å². The van der Waals surface area contributed by atoms with Crippen LogP contribution in [0.15, 0.2) is 59.6 Å². The highest BCUT2D eigenvalue weighted by Crippen LogP contribution is 2.12. The van der Waals surface area contributed by atoms with Gasteiger partial charge < -0.3 is 49.1 Å². The van der Waals surface area contributed by atoms with Crippen molar-refractivity contribution < 1.29 is 29.4 Å². The first-order chi connectivity index (χ1) is 21.0. The average molecular weight is 613 g/mol. The van der Waals surface area contributed by atoms with Gasteiger partial charge in [0.05, 0.1) is 6.04 Å². The van der Waals surface area contributed by atoms with Gasteiger partial charge in [-0.3, -0.25) is 19.4 Å². The van der Waals surface area contributed by atoms with Crippen LogP contribution in [0.25, 0.3) is 0 Å². The number of hydrogen-bond acceptors (Lipinski definition) is 8. The minimum absolute atomic E-state index is 0.0234. The van der Waals surface area contributed by atoms with Crippen molar-refractivity contribution in [2.24, 2.45) is 27.9 Å². The number of nitrogens with zero attached hydrogens (tertiary/aromatic N) is 1. The molecule has 0 aliphatic rings. The maximum atomic E-state index is 13.5. The molecule has 13 N–H and O–H groups in total. The van der Waals surface area contributed by atoms with Gasteiger partial charge >= 0.3 is 5.97 Å². The first-order valence-electron chi connectivity index (χ1n) is 14.5. The zero-order valence-electron chi connectivity index (χ0n) is 24.7. The third-order valence-electron chi connectivity index (χ3n) is 6.79. The summed E-state index contributed by atoms with van der Waals surface area (Å²) in [5.41, 5.74) is 23.6. The number of carboxylic acids is 1. The molecule has 0 fully saturated rings. The second-order valence-electron chi connectivity index (χ2n) is 10.4. The van der Waals surface area contributed by atoms with Crippen molar-refractivity contribution in [3.05, 3.63) is 65.7 Å². The fourth-order valence-electron chi connectivity index (χ4n) is 4.36. The lowest BCUT2D eigenvalue weighted by Gasteiger charge is -2.25. The van der Waals surface area contributed by atoms with Crippen LogP contribution in [0, 0.1) is 0 Å². The summed E-state index contributed by atoms with van der Waals surface area (Å²) in [7, 11) is 0. The smallest absolute Gasteiger partial charge is 0.326 e. The van der Waals surface area contributed by atoms with E-state index >= 15 is 0 Å². The third kappa shape index (κ3) is 13.1. The van der Waals surface area contributed by atoms with Crippen molar-refractivity contribution in [1.29, 1.82) is 0 Å². The number of guanidine groups is 1. The lowest BCUT2D eigenvalue weighted by molar-refractivity contribution is -0.142. The van der Waals surface area contributed by atoms with E-state index in [-0.39, 0.29) is 37.4 Å².